The van der Waals surface area contributed by atoms with Crippen LogP contribution in [-0.4, -0.2) is 90.3 Å². The van der Waals surface area contributed by atoms with Crippen molar-refractivity contribution in [1.82, 2.24) is 24.8 Å². The summed E-state index contributed by atoms with van der Waals surface area (Å²) in [6.07, 6.45) is 5.79. The minimum absolute atomic E-state index is 0.0826. The average molecular weight is 635 g/mol. The molecule has 0 radical (unpaired) electrons. The van der Waals surface area contributed by atoms with Crippen molar-refractivity contribution in [3.63, 3.8) is 0 Å². The molecule has 2 heterocycles. The number of hydrogen-bond acceptors (Lipinski definition) is 9. The van der Waals surface area contributed by atoms with Crippen molar-refractivity contribution in [2.24, 2.45) is 0 Å². The van der Waals surface area contributed by atoms with E-state index in [9.17, 15) is 9.90 Å². The van der Waals surface area contributed by atoms with E-state index in [0.717, 1.165) is 77.3 Å². The van der Waals surface area contributed by atoms with Gasteiger partial charge in [0.1, 0.15) is 11.6 Å². The zero-order valence-electron chi connectivity index (χ0n) is 27.4. The number of likely N-dealkylation sites (N-methyl/N-ethyl adjacent to an activating group) is 2. The van der Waals surface area contributed by atoms with Crippen LogP contribution in [0.5, 0.6) is 5.75 Å². The first-order valence-corrected chi connectivity index (χ1v) is 16.0. The van der Waals surface area contributed by atoms with E-state index in [1.807, 2.05) is 56.4 Å². The quantitative estimate of drug-likeness (QED) is 0.128. The fourth-order valence-corrected chi connectivity index (χ4v) is 5.70. The molecule has 1 aliphatic carbocycles. The predicted octanol–water partition coefficient (Wildman–Crippen LogP) is 5.49. The van der Waals surface area contributed by atoms with Gasteiger partial charge in [0.2, 0.25) is 12.4 Å². The maximum Gasteiger partial charge on any atom is 0.227 e. The van der Waals surface area contributed by atoms with Gasteiger partial charge in [-0.2, -0.15) is 0 Å². The molecular weight excluding hydrogens is 592 g/mol. The van der Waals surface area contributed by atoms with E-state index in [0.29, 0.717) is 35.9 Å². The Balaban J connectivity index is 1.37. The number of amides is 1. The molecule has 1 saturated carbocycles. The summed E-state index contributed by atoms with van der Waals surface area (Å²) in [7, 11) is 7.75. The highest BCUT2D eigenvalue weighted by Gasteiger charge is 2.32. The molecule has 11 nitrogen and oxygen atoms in total. The number of anilines is 4. The van der Waals surface area contributed by atoms with Gasteiger partial charge in [0, 0.05) is 57.0 Å². The number of ether oxygens (including phenoxy) is 1. The van der Waals surface area contributed by atoms with Gasteiger partial charge in [-0.1, -0.05) is 36.4 Å². The Bertz CT molecular complexity index is 1850. The van der Waals surface area contributed by atoms with E-state index in [4.69, 9.17) is 14.7 Å². The van der Waals surface area contributed by atoms with E-state index in [-0.39, 0.29) is 12.6 Å². The Morgan fingerprint density at radius 1 is 1.00 bits per heavy atom. The first kappa shape index (κ1) is 32.0. The highest BCUT2D eigenvalue weighted by atomic mass is 16.5. The molecule has 5 aromatic rings. The van der Waals surface area contributed by atoms with Gasteiger partial charge < -0.3 is 34.8 Å². The molecule has 1 amide bonds. The second kappa shape index (κ2) is 14.2. The minimum atomic E-state index is 0.0826. The smallest absolute Gasteiger partial charge is 0.227 e. The topological polar surface area (TPSA) is 123 Å². The largest absolute Gasteiger partial charge is 0.494 e. The third-order valence-corrected chi connectivity index (χ3v) is 8.43. The van der Waals surface area contributed by atoms with Gasteiger partial charge in [-0.05, 0) is 62.3 Å². The first-order chi connectivity index (χ1) is 22.9. The Morgan fingerprint density at radius 2 is 1.81 bits per heavy atom. The molecule has 0 aliphatic heterocycles. The predicted molar refractivity (Wildman–Crippen MR) is 188 cm³/mol. The van der Waals surface area contributed by atoms with Crippen molar-refractivity contribution in [3.8, 4) is 28.4 Å². The molecule has 1 aliphatic rings. The number of H-pyrrole nitrogens is 1. The average Bonchev–Trinajstić information content (AvgIpc) is 3.83. The van der Waals surface area contributed by atoms with Crippen LogP contribution in [0.25, 0.3) is 33.4 Å². The van der Waals surface area contributed by atoms with Crippen molar-refractivity contribution in [2.75, 3.05) is 63.1 Å². The lowest BCUT2D eigenvalue weighted by molar-refractivity contribution is -0.107. The molecule has 0 unspecified atom stereocenters. The number of hydrogen-bond donors (Lipinski definition) is 3. The number of aromatic nitrogens is 4. The van der Waals surface area contributed by atoms with E-state index >= 15 is 0 Å². The molecule has 0 saturated heterocycles. The van der Waals surface area contributed by atoms with Crippen LogP contribution in [0.1, 0.15) is 25.1 Å². The highest BCUT2D eigenvalue weighted by Crippen LogP contribution is 2.43. The van der Waals surface area contributed by atoms with Gasteiger partial charge in [0.15, 0.2) is 0 Å². The van der Waals surface area contributed by atoms with Crippen molar-refractivity contribution in [3.05, 3.63) is 72.7 Å². The maximum atomic E-state index is 12.3. The van der Waals surface area contributed by atoms with Crippen molar-refractivity contribution in [2.45, 2.75) is 31.7 Å². The molecule has 3 N–H and O–H groups in total. The molecule has 0 atom stereocenters. The van der Waals surface area contributed by atoms with Crippen LogP contribution in [0.4, 0.5) is 23.0 Å². The highest BCUT2D eigenvalue weighted by molar-refractivity contribution is 5.91. The lowest BCUT2D eigenvalue weighted by Gasteiger charge is -2.29. The zero-order valence-corrected chi connectivity index (χ0v) is 27.4. The van der Waals surface area contributed by atoms with Crippen LogP contribution in [0.15, 0.2) is 66.9 Å². The van der Waals surface area contributed by atoms with Gasteiger partial charge in [-0.15, -0.1) is 0 Å². The zero-order chi connectivity index (χ0) is 32.9. The molecule has 3 aromatic carbocycles. The van der Waals surface area contributed by atoms with Gasteiger partial charge in [-0.3, -0.25) is 4.79 Å². The van der Waals surface area contributed by atoms with Crippen LogP contribution in [0.2, 0.25) is 0 Å². The third kappa shape index (κ3) is 7.21. The number of methoxy groups -OCH3 is 1. The number of aryl methyl sites for hydroxylation is 1. The first-order valence-electron chi connectivity index (χ1n) is 16.0. The molecule has 47 heavy (non-hydrogen) atoms. The molecule has 0 bridgehead atoms. The Morgan fingerprint density at radius 3 is 2.53 bits per heavy atom. The Kier molecular flexibility index (Phi) is 9.65. The number of rotatable bonds is 15. The van der Waals surface area contributed by atoms with Crippen LogP contribution in [0, 0.1) is 0 Å². The van der Waals surface area contributed by atoms with E-state index in [1.165, 1.54) is 0 Å². The summed E-state index contributed by atoms with van der Waals surface area (Å²) in [5.41, 5.74) is 5.56. The summed E-state index contributed by atoms with van der Waals surface area (Å²) in [5, 5.41) is 15.1. The number of fused-ring (bicyclic) bond motifs is 1. The molecular formula is C36H42N8O3. The maximum absolute atomic E-state index is 12.3. The summed E-state index contributed by atoms with van der Waals surface area (Å²) in [4.78, 5) is 36.3. The summed E-state index contributed by atoms with van der Waals surface area (Å²) in [6.45, 7) is 1.72. The van der Waals surface area contributed by atoms with Gasteiger partial charge >= 0.3 is 0 Å². The Labute approximate surface area is 275 Å². The molecule has 6 rings (SSSR count). The number of aliphatic hydroxyl groups excluding tert-OH is 1. The lowest BCUT2D eigenvalue weighted by atomic mass is 10.0. The lowest BCUT2D eigenvalue weighted by Crippen LogP contribution is -2.31. The monoisotopic (exact) mass is 634 g/mol. The molecule has 2 aromatic heterocycles. The number of aliphatic hydroxyl groups is 1. The van der Waals surface area contributed by atoms with Crippen LogP contribution < -0.4 is 19.9 Å². The molecule has 1 fully saturated rings. The van der Waals surface area contributed by atoms with E-state index in [2.05, 4.69) is 55.4 Å². The number of aromatic amines is 1. The molecule has 0 spiro atoms. The van der Waals surface area contributed by atoms with Crippen LogP contribution in [0.3, 0.4) is 0 Å². The van der Waals surface area contributed by atoms with Gasteiger partial charge in [0.05, 0.1) is 41.3 Å². The number of carbonyl (C=O) groups excluding carboxylic acids is 1. The molecule has 244 valence electrons. The second-order valence-electron chi connectivity index (χ2n) is 12.2. The van der Waals surface area contributed by atoms with Crippen molar-refractivity contribution in [1.29, 1.82) is 0 Å². The number of nitrogens with one attached hydrogen (secondary N) is 2. The van der Waals surface area contributed by atoms with E-state index < -0.39 is 0 Å². The number of imidazole rings is 1. The third-order valence-electron chi connectivity index (χ3n) is 8.43. The van der Waals surface area contributed by atoms with Crippen LogP contribution >= 0.6 is 0 Å². The van der Waals surface area contributed by atoms with Crippen LogP contribution in [-0.2, 0) is 11.2 Å². The number of benzene rings is 3. The molecule has 11 heteroatoms. The standard InChI is InChI=1S/C36H42N8O3/c1-42(2)17-18-43(3)30-22-32(47-4)29(21-31(30)44(23-46)27-13-14-27)39-36-37-16-15-28(38-36)35-34(40-33(41-35)10-7-19-45)26-12-11-24-8-5-6-9-25(24)20-26/h5-6,8-9,11-12,15-16,20-23,27,45H,7,10,13-14,17-19H2,1-4H3,(H,40,41)(H,37,38,39). The fourth-order valence-electron chi connectivity index (χ4n) is 5.70. The van der Waals surface area contributed by atoms with E-state index in [1.54, 1.807) is 13.3 Å². The van der Waals surface area contributed by atoms with Gasteiger partial charge in [-0.25, -0.2) is 15.0 Å². The van der Waals surface area contributed by atoms with Crippen molar-refractivity contribution >= 4 is 40.2 Å². The number of nitrogens with zero attached hydrogens (tertiary/aromatic N) is 6. The summed E-state index contributed by atoms with van der Waals surface area (Å²) >= 11 is 0. The normalized spacial score (nSPS) is 12.8. The second-order valence-corrected chi connectivity index (χ2v) is 12.2. The summed E-state index contributed by atoms with van der Waals surface area (Å²) in [5.74, 6) is 1.76. The summed E-state index contributed by atoms with van der Waals surface area (Å²) < 4.78 is 5.85. The minimum Gasteiger partial charge on any atom is -0.494 e. The van der Waals surface area contributed by atoms with Crippen molar-refractivity contribution < 1.29 is 14.6 Å². The number of carbonyl (C=O) groups is 1. The van der Waals surface area contributed by atoms with Gasteiger partial charge in [0.25, 0.3) is 0 Å². The fraction of sp³-hybridized carbons (Fsp3) is 0.333. The SMILES string of the molecule is COc1cc(N(C)CCN(C)C)c(N(C=O)C2CC2)cc1Nc1nccc(-c2[nH]c(CCCO)nc2-c2ccc3ccccc3c2)n1. The summed E-state index contributed by atoms with van der Waals surface area (Å²) in [6, 6.07) is 20.5. The Hall–Kier alpha value is -5.00.